The van der Waals surface area contributed by atoms with Crippen LogP contribution in [-0.4, -0.2) is 37.3 Å². The van der Waals surface area contributed by atoms with Gasteiger partial charge in [0.05, 0.1) is 18.3 Å². The van der Waals surface area contributed by atoms with Crippen molar-refractivity contribution >= 4 is 5.65 Å². The molecule has 3 aromatic rings. The fraction of sp³-hybridized carbons (Fsp3) is 0.438. The number of hydrogen-bond donors (Lipinski definition) is 0. The molecule has 0 saturated carbocycles. The van der Waals surface area contributed by atoms with E-state index in [-0.39, 0.29) is 11.7 Å². The predicted octanol–water partition coefficient (Wildman–Crippen LogP) is 1.63. The second kappa shape index (κ2) is 5.66. The summed E-state index contributed by atoms with van der Waals surface area (Å²) in [6, 6.07) is 7.82. The van der Waals surface area contributed by atoms with Gasteiger partial charge in [0.1, 0.15) is 0 Å². The third-order valence-corrected chi connectivity index (χ3v) is 4.43. The van der Waals surface area contributed by atoms with Crippen molar-refractivity contribution in [2.75, 3.05) is 13.1 Å². The van der Waals surface area contributed by atoms with Gasteiger partial charge in [0.2, 0.25) is 0 Å². The van der Waals surface area contributed by atoms with Crippen molar-refractivity contribution in [3.8, 4) is 0 Å². The normalized spacial score (nSPS) is 18.9. The van der Waals surface area contributed by atoms with Gasteiger partial charge in [-0.3, -0.25) is 9.30 Å². The number of likely N-dealkylation sites (tertiary alicyclic amines) is 1. The van der Waals surface area contributed by atoms with Crippen LogP contribution in [-0.2, 0) is 6.54 Å². The highest BCUT2D eigenvalue weighted by atomic mass is 16.5. The molecule has 3 aromatic heterocycles. The van der Waals surface area contributed by atoms with E-state index in [4.69, 9.17) is 4.52 Å². The zero-order valence-electron chi connectivity index (χ0n) is 13.1. The van der Waals surface area contributed by atoms with E-state index in [2.05, 4.69) is 15.2 Å². The highest BCUT2D eigenvalue weighted by Crippen LogP contribution is 2.31. The van der Waals surface area contributed by atoms with Crippen LogP contribution >= 0.6 is 0 Å². The molecule has 7 heteroatoms. The molecule has 0 spiro atoms. The molecule has 4 heterocycles. The maximum Gasteiger partial charge on any atom is 0.350 e. The van der Waals surface area contributed by atoms with Crippen LogP contribution in [0.3, 0.4) is 0 Å². The molecular formula is C16H19N5O2. The van der Waals surface area contributed by atoms with Crippen LogP contribution in [0.25, 0.3) is 5.65 Å². The van der Waals surface area contributed by atoms with Gasteiger partial charge < -0.3 is 4.52 Å². The van der Waals surface area contributed by atoms with Crippen molar-refractivity contribution in [3.63, 3.8) is 0 Å². The minimum Gasteiger partial charge on any atom is -0.359 e. The first-order valence-electron chi connectivity index (χ1n) is 7.94. The van der Waals surface area contributed by atoms with E-state index in [1.807, 2.05) is 31.2 Å². The van der Waals surface area contributed by atoms with E-state index < -0.39 is 0 Å². The van der Waals surface area contributed by atoms with Crippen molar-refractivity contribution in [3.05, 3.63) is 52.4 Å². The quantitative estimate of drug-likeness (QED) is 0.732. The largest absolute Gasteiger partial charge is 0.359 e. The first-order chi connectivity index (χ1) is 11.2. The Kier molecular flexibility index (Phi) is 3.49. The molecule has 1 fully saturated rings. The summed E-state index contributed by atoms with van der Waals surface area (Å²) in [5.74, 6) is 0.919. The molecule has 23 heavy (non-hydrogen) atoms. The Balaban J connectivity index is 1.51. The lowest BCUT2D eigenvalue weighted by Gasteiger charge is -2.21. The van der Waals surface area contributed by atoms with Gasteiger partial charge in [0, 0.05) is 18.8 Å². The van der Waals surface area contributed by atoms with Gasteiger partial charge in [-0.1, -0.05) is 11.2 Å². The minimum atomic E-state index is -0.0909. The Morgan fingerprint density at radius 3 is 3.04 bits per heavy atom. The smallest absolute Gasteiger partial charge is 0.350 e. The molecule has 1 atom stereocenters. The molecule has 0 radical (unpaired) electrons. The summed E-state index contributed by atoms with van der Waals surface area (Å²) in [6.45, 7) is 4.29. The lowest BCUT2D eigenvalue weighted by molar-refractivity contribution is 0.204. The summed E-state index contributed by atoms with van der Waals surface area (Å²) < 4.78 is 8.53. The molecule has 4 rings (SSSR count). The summed E-state index contributed by atoms with van der Waals surface area (Å²) in [5, 5.41) is 8.36. The van der Waals surface area contributed by atoms with Gasteiger partial charge in [0.25, 0.3) is 0 Å². The standard InChI is InChI=1S/C16H19N5O2/c1-12-11-14(23-18-12)13-5-4-7-19(13)9-10-21-16(22)20-8-3-2-6-15(20)17-21/h2-3,6,8,11,13H,4-5,7,9-10H2,1H3/t13-/m1/s1. The Morgan fingerprint density at radius 2 is 2.26 bits per heavy atom. The number of aryl methyl sites for hydroxylation is 1. The number of hydrogen-bond acceptors (Lipinski definition) is 5. The Morgan fingerprint density at radius 1 is 1.35 bits per heavy atom. The summed E-state index contributed by atoms with van der Waals surface area (Å²) in [7, 11) is 0. The molecule has 1 aliphatic rings. The Labute approximate surface area is 133 Å². The SMILES string of the molecule is Cc1cc([C@H]2CCCN2CCn2nc3ccccn3c2=O)on1. The zero-order valence-corrected chi connectivity index (χ0v) is 13.1. The molecule has 0 amide bonds. The van der Waals surface area contributed by atoms with Crippen LogP contribution in [0.15, 0.2) is 39.8 Å². The lowest BCUT2D eigenvalue weighted by atomic mass is 10.1. The average Bonchev–Trinajstić information content (AvgIpc) is 3.25. The molecule has 0 unspecified atom stereocenters. The highest BCUT2D eigenvalue weighted by Gasteiger charge is 2.28. The van der Waals surface area contributed by atoms with Gasteiger partial charge in [-0.15, -0.1) is 5.10 Å². The molecule has 0 aromatic carbocycles. The second-order valence-corrected chi connectivity index (χ2v) is 6.00. The Bertz CT molecular complexity index is 878. The van der Waals surface area contributed by atoms with Crippen LogP contribution in [0, 0.1) is 6.92 Å². The van der Waals surface area contributed by atoms with Gasteiger partial charge in [0.15, 0.2) is 11.4 Å². The number of rotatable bonds is 4. The maximum absolute atomic E-state index is 12.3. The minimum absolute atomic E-state index is 0.0909. The second-order valence-electron chi connectivity index (χ2n) is 6.00. The molecule has 1 aliphatic heterocycles. The third kappa shape index (κ3) is 2.57. The van der Waals surface area contributed by atoms with Gasteiger partial charge in [-0.05, 0) is 38.4 Å². The van der Waals surface area contributed by atoms with E-state index in [1.165, 1.54) is 4.68 Å². The van der Waals surface area contributed by atoms with E-state index in [0.717, 1.165) is 37.4 Å². The van der Waals surface area contributed by atoms with E-state index >= 15 is 0 Å². The highest BCUT2D eigenvalue weighted by molar-refractivity contribution is 5.35. The number of pyridine rings is 1. The number of nitrogens with zero attached hydrogens (tertiary/aromatic N) is 5. The van der Waals surface area contributed by atoms with E-state index in [1.54, 1.807) is 10.6 Å². The molecule has 0 N–H and O–H groups in total. The first-order valence-corrected chi connectivity index (χ1v) is 7.94. The van der Waals surface area contributed by atoms with Crippen molar-refractivity contribution in [2.24, 2.45) is 0 Å². The zero-order chi connectivity index (χ0) is 15.8. The van der Waals surface area contributed by atoms with Crippen molar-refractivity contribution in [2.45, 2.75) is 32.4 Å². The topological polar surface area (TPSA) is 68.6 Å². The lowest BCUT2D eigenvalue weighted by Crippen LogP contribution is -2.31. The van der Waals surface area contributed by atoms with Crippen LogP contribution in [0.1, 0.15) is 30.3 Å². The monoisotopic (exact) mass is 313 g/mol. The van der Waals surface area contributed by atoms with Crippen LogP contribution in [0.4, 0.5) is 0 Å². The number of aromatic nitrogens is 4. The van der Waals surface area contributed by atoms with Crippen molar-refractivity contribution < 1.29 is 4.52 Å². The summed E-state index contributed by atoms with van der Waals surface area (Å²) >= 11 is 0. The van der Waals surface area contributed by atoms with E-state index in [0.29, 0.717) is 12.2 Å². The number of fused-ring (bicyclic) bond motifs is 1. The Hall–Kier alpha value is -2.41. The van der Waals surface area contributed by atoms with Crippen LogP contribution < -0.4 is 5.69 Å². The van der Waals surface area contributed by atoms with Crippen molar-refractivity contribution in [1.82, 2.24) is 24.2 Å². The fourth-order valence-electron chi connectivity index (χ4n) is 3.29. The van der Waals surface area contributed by atoms with Gasteiger partial charge in [-0.25, -0.2) is 9.48 Å². The molecule has 7 nitrogen and oxygen atoms in total. The maximum atomic E-state index is 12.3. The van der Waals surface area contributed by atoms with E-state index in [9.17, 15) is 4.79 Å². The molecular weight excluding hydrogens is 294 g/mol. The van der Waals surface area contributed by atoms with Gasteiger partial charge in [-0.2, -0.15) is 0 Å². The third-order valence-electron chi connectivity index (χ3n) is 4.43. The average molecular weight is 313 g/mol. The van der Waals surface area contributed by atoms with Crippen molar-refractivity contribution in [1.29, 1.82) is 0 Å². The molecule has 1 saturated heterocycles. The van der Waals surface area contributed by atoms with Crippen LogP contribution in [0.2, 0.25) is 0 Å². The summed E-state index contributed by atoms with van der Waals surface area (Å²) in [4.78, 5) is 14.6. The molecule has 0 bridgehead atoms. The summed E-state index contributed by atoms with van der Waals surface area (Å²) in [6.07, 6.45) is 3.94. The van der Waals surface area contributed by atoms with Crippen LogP contribution in [0.5, 0.6) is 0 Å². The predicted molar refractivity (Wildman–Crippen MR) is 84.2 cm³/mol. The van der Waals surface area contributed by atoms with Gasteiger partial charge >= 0.3 is 5.69 Å². The molecule has 120 valence electrons. The first kappa shape index (κ1) is 14.2. The summed E-state index contributed by atoms with van der Waals surface area (Å²) in [5.41, 5.74) is 1.50. The fourth-order valence-corrected chi connectivity index (χ4v) is 3.29. The molecule has 0 aliphatic carbocycles.